The van der Waals surface area contributed by atoms with E-state index in [0.717, 1.165) is 13.0 Å². The Hall–Kier alpha value is -0.700. The molecule has 0 unspecified atom stereocenters. The molecule has 98 valence electrons. The highest BCUT2D eigenvalue weighted by atomic mass is 32.2. The Kier molecular flexibility index (Phi) is 11.9. The third-order valence-electron chi connectivity index (χ3n) is 1.36. The Morgan fingerprint density at radius 3 is 2.19 bits per heavy atom. The highest BCUT2D eigenvalue weighted by Crippen LogP contribution is 1.86. The average molecular weight is 256 g/mol. The molecule has 0 rings (SSSR count). The fourth-order valence-corrected chi connectivity index (χ4v) is 1.19. The van der Waals surface area contributed by atoms with Crippen LogP contribution < -0.4 is 11.1 Å². The highest BCUT2D eigenvalue weighted by Gasteiger charge is 2.01. The van der Waals surface area contributed by atoms with Gasteiger partial charge < -0.3 is 16.2 Å². The number of carboxylic acid groups (broad SMARTS) is 1. The van der Waals surface area contributed by atoms with Crippen LogP contribution in [0.4, 0.5) is 0 Å². The summed E-state index contributed by atoms with van der Waals surface area (Å²) in [7, 11) is -3.75. The molecular formula is C8H20N2O5S. The van der Waals surface area contributed by atoms with Crippen LogP contribution in [-0.4, -0.2) is 49.4 Å². The summed E-state index contributed by atoms with van der Waals surface area (Å²) in [6.07, 6.45) is 1.50. The number of nitrogens with one attached hydrogen (secondary N) is 1. The van der Waals surface area contributed by atoms with E-state index >= 15 is 0 Å². The molecule has 0 atom stereocenters. The summed E-state index contributed by atoms with van der Waals surface area (Å²) in [4.78, 5) is 9.24. The van der Waals surface area contributed by atoms with Gasteiger partial charge in [0.1, 0.15) is 0 Å². The van der Waals surface area contributed by atoms with Gasteiger partial charge in [0.05, 0.1) is 12.3 Å². The number of hydrogen-bond donors (Lipinski definition) is 4. The third-order valence-corrected chi connectivity index (χ3v) is 2.16. The molecule has 8 heteroatoms. The minimum atomic E-state index is -3.75. The molecule has 0 saturated heterocycles. The summed E-state index contributed by atoms with van der Waals surface area (Å²) in [6, 6.07) is 0. The van der Waals surface area contributed by atoms with Crippen molar-refractivity contribution in [2.75, 3.05) is 25.4 Å². The Morgan fingerprint density at radius 2 is 1.88 bits per heavy atom. The molecule has 0 aromatic carbocycles. The molecular weight excluding hydrogens is 236 g/mol. The Balaban J connectivity index is 0. The summed E-state index contributed by atoms with van der Waals surface area (Å²) in [6.45, 7) is 3.30. The minimum absolute atomic E-state index is 0.149. The number of nitrogens with two attached hydrogens (primary N) is 1. The van der Waals surface area contributed by atoms with Crippen LogP contribution in [0.15, 0.2) is 0 Å². The van der Waals surface area contributed by atoms with Crippen molar-refractivity contribution >= 4 is 16.1 Å². The lowest BCUT2D eigenvalue weighted by Gasteiger charge is -2.00. The van der Waals surface area contributed by atoms with Gasteiger partial charge in [0.2, 0.25) is 0 Å². The summed E-state index contributed by atoms with van der Waals surface area (Å²) in [5, 5.41) is 10.6. The van der Waals surface area contributed by atoms with Crippen LogP contribution >= 0.6 is 0 Å². The Morgan fingerprint density at radius 1 is 1.38 bits per heavy atom. The summed E-state index contributed by atoms with van der Waals surface area (Å²) < 4.78 is 28.7. The van der Waals surface area contributed by atoms with Gasteiger partial charge in [-0.05, 0) is 25.9 Å². The van der Waals surface area contributed by atoms with Gasteiger partial charge in [-0.15, -0.1) is 0 Å². The van der Waals surface area contributed by atoms with E-state index in [9.17, 15) is 13.2 Å². The third kappa shape index (κ3) is 23.3. The van der Waals surface area contributed by atoms with Crippen molar-refractivity contribution in [3.63, 3.8) is 0 Å². The van der Waals surface area contributed by atoms with Crippen molar-refractivity contribution in [2.24, 2.45) is 5.73 Å². The maximum atomic E-state index is 10.2. The lowest BCUT2D eigenvalue weighted by molar-refractivity contribution is -0.135. The second-order valence-corrected chi connectivity index (χ2v) is 4.56. The first-order chi connectivity index (χ1) is 7.33. The monoisotopic (exact) mass is 256 g/mol. The van der Waals surface area contributed by atoms with E-state index in [0.29, 0.717) is 13.0 Å². The number of hydrogen-bond acceptors (Lipinski definition) is 5. The van der Waals surface area contributed by atoms with E-state index in [1.54, 1.807) is 0 Å². The van der Waals surface area contributed by atoms with Gasteiger partial charge in [-0.25, -0.2) is 0 Å². The van der Waals surface area contributed by atoms with Crippen LogP contribution in [0.5, 0.6) is 0 Å². The topological polar surface area (TPSA) is 130 Å². The predicted octanol–water partition coefficient (Wildman–Crippen LogP) is -0.706. The molecule has 0 bridgehead atoms. The molecule has 0 aromatic rings. The normalized spacial score (nSPS) is 10.4. The molecule has 0 aliphatic carbocycles. The van der Waals surface area contributed by atoms with E-state index in [4.69, 9.17) is 9.66 Å². The van der Waals surface area contributed by atoms with Crippen LogP contribution in [0.3, 0.4) is 0 Å². The Labute approximate surface area is 95.8 Å². The fraction of sp³-hybridized carbons (Fsp3) is 0.875. The molecule has 0 fully saturated rings. The van der Waals surface area contributed by atoms with Crippen LogP contribution in [0.25, 0.3) is 0 Å². The molecule has 5 N–H and O–H groups in total. The largest absolute Gasteiger partial charge is 0.480 e. The summed E-state index contributed by atoms with van der Waals surface area (Å²) in [5.41, 5.74) is 4.57. The zero-order chi connectivity index (χ0) is 13.0. The second-order valence-electron chi connectivity index (χ2n) is 2.99. The molecule has 0 aliphatic heterocycles. The SMILES string of the molecule is CCCNCCCS(=O)(=O)O.NCC(=O)O. The molecule has 0 radical (unpaired) electrons. The average Bonchev–Trinajstić information content (AvgIpc) is 2.17. The quantitative estimate of drug-likeness (QED) is 0.350. The van der Waals surface area contributed by atoms with E-state index in [-0.39, 0.29) is 12.3 Å². The minimum Gasteiger partial charge on any atom is -0.480 e. The van der Waals surface area contributed by atoms with Crippen LogP contribution in [0, 0.1) is 0 Å². The number of rotatable bonds is 7. The summed E-state index contributed by atoms with van der Waals surface area (Å²) in [5.74, 6) is -1.12. The molecule has 7 nitrogen and oxygen atoms in total. The number of carbonyl (C=O) groups is 1. The lowest BCUT2D eigenvalue weighted by atomic mass is 10.4. The zero-order valence-electron chi connectivity index (χ0n) is 9.35. The van der Waals surface area contributed by atoms with E-state index in [2.05, 4.69) is 11.1 Å². The second kappa shape index (κ2) is 10.8. The molecule has 0 aliphatic rings. The van der Waals surface area contributed by atoms with Gasteiger partial charge in [0.15, 0.2) is 0 Å². The van der Waals surface area contributed by atoms with Crippen molar-refractivity contribution in [1.29, 1.82) is 0 Å². The van der Waals surface area contributed by atoms with Crippen molar-refractivity contribution < 1.29 is 22.9 Å². The number of aliphatic carboxylic acids is 1. The van der Waals surface area contributed by atoms with E-state index in [1.807, 2.05) is 6.92 Å². The molecule has 0 aromatic heterocycles. The van der Waals surface area contributed by atoms with Crippen molar-refractivity contribution in [2.45, 2.75) is 19.8 Å². The van der Waals surface area contributed by atoms with Crippen LogP contribution in [0.2, 0.25) is 0 Å². The van der Waals surface area contributed by atoms with Crippen molar-refractivity contribution in [3.05, 3.63) is 0 Å². The zero-order valence-corrected chi connectivity index (χ0v) is 10.2. The van der Waals surface area contributed by atoms with Gasteiger partial charge in [-0.2, -0.15) is 8.42 Å². The van der Waals surface area contributed by atoms with Crippen LogP contribution in [0.1, 0.15) is 19.8 Å². The van der Waals surface area contributed by atoms with Gasteiger partial charge in [-0.3, -0.25) is 9.35 Å². The maximum absolute atomic E-state index is 10.2. The summed E-state index contributed by atoms with van der Waals surface area (Å²) >= 11 is 0. The smallest absolute Gasteiger partial charge is 0.317 e. The first-order valence-corrected chi connectivity index (χ1v) is 6.52. The van der Waals surface area contributed by atoms with E-state index < -0.39 is 16.1 Å². The van der Waals surface area contributed by atoms with Gasteiger partial charge in [-0.1, -0.05) is 6.92 Å². The predicted molar refractivity (Wildman–Crippen MR) is 60.9 cm³/mol. The van der Waals surface area contributed by atoms with Gasteiger partial charge >= 0.3 is 5.97 Å². The van der Waals surface area contributed by atoms with Crippen LogP contribution in [-0.2, 0) is 14.9 Å². The molecule has 16 heavy (non-hydrogen) atoms. The Bertz CT molecular complexity index is 266. The standard InChI is InChI=1S/C6H15NO3S.C2H5NO2/c1-2-4-7-5-3-6-11(8,9)10;3-1-2(4)5/h7H,2-6H2,1H3,(H,8,9,10);1,3H2,(H,4,5). The molecule has 0 amide bonds. The highest BCUT2D eigenvalue weighted by molar-refractivity contribution is 7.85. The number of carboxylic acids is 1. The van der Waals surface area contributed by atoms with Crippen molar-refractivity contribution in [3.8, 4) is 0 Å². The maximum Gasteiger partial charge on any atom is 0.317 e. The lowest BCUT2D eigenvalue weighted by Crippen LogP contribution is -2.18. The van der Waals surface area contributed by atoms with Crippen molar-refractivity contribution in [1.82, 2.24) is 5.32 Å². The van der Waals surface area contributed by atoms with Gasteiger partial charge in [0.25, 0.3) is 10.1 Å². The van der Waals surface area contributed by atoms with E-state index in [1.165, 1.54) is 0 Å². The van der Waals surface area contributed by atoms with Gasteiger partial charge in [0, 0.05) is 0 Å². The fourth-order valence-electron chi connectivity index (χ4n) is 0.681. The molecule has 0 heterocycles. The first kappa shape index (κ1) is 17.7. The first-order valence-electron chi connectivity index (χ1n) is 4.91. The molecule has 0 spiro atoms. The molecule has 0 saturated carbocycles.